The summed E-state index contributed by atoms with van der Waals surface area (Å²) in [4.78, 5) is 14.8. The number of hydrogen-bond donors (Lipinski definition) is 1. The molecule has 0 saturated carbocycles. The van der Waals surface area contributed by atoms with Gasteiger partial charge in [-0.1, -0.05) is 12.1 Å². The fraction of sp³-hybridized carbons (Fsp3) is 0.200. The molecule has 1 aliphatic carbocycles. The molecule has 0 amide bonds. The van der Waals surface area contributed by atoms with Crippen molar-refractivity contribution < 1.29 is 13.2 Å². The van der Waals surface area contributed by atoms with E-state index in [-0.39, 0.29) is 10.7 Å². The lowest BCUT2D eigenvalue weighted by molar-refractivity contribution is 0.104. The molecule has 7 heteroatoms. The van der Waals surface area contributed by atoms with Crippen LogP contribution in [0.25, 0.3) is 0 Å². The van der Waals surface area contributed by atoms with Crippen LogP contribution in [-0.2, 0) is 10.0 Å². The third-order valence-corrected chi connectivity index (χ3v) is 6.14. The average Bonchev–Trinajstić information content (AvgIpc) is 2.94. The number of nitrogens with zero attached hydrogens (tertiary/aromatic N) is 2. The van der Waals surface area contributed by atoms with Crippen LogP contribution in [0.5, 0.6) is 0 Å². The van der Waals surface area contributed by atoms with E-state index in [0.717, 1.165) is 24.5 Å². The number of ketones is 1. The van der Waals surface area contributed by atoms with Crippen molar-refractivity contribution in [2.75, 3.05) is 23.3 Å². The Morgan fingerprint density at radius 3 is 2.41 bits per heavy atom. The van der Waals surface area contributed by atoms with Gasteiger partial charge in [-0.05, 0) is 44.2 Å². The molecule has 27 heavy (non-hydrogen) atoms. The molecule has 2 aromatic carbocycles. The average molecular weight is 381 g/mol. The van der Waals surface area contributed by atoms with Crippen LogP contribution in [-0.4, -0.2) is 33.0 Å². The Balaban J connectivity index is 1.69. The normalized spacial score (nSPS) is 16.4. The Hall–Kier alpha value is -2.93. The van der Waals surface area contributed by atoms with E-state index in [1.807, 2.05) is 24.3 Å². The zero-order chi connectivity index (χ0) is 19.2. The highest BCUT2D eigenvalue weighted by Gasteiger charge is 2.37. The Kier molecular flexibility index (Phi) is 4.11. The van der Waals surface area contributed by atoms with Crippen molar-refractivity contribution in [3.8, 4) is 0 Å². The van der Waals surface area contributed by atoms with Crippen LogP contribution in [0.15, 0.2) is 63.5 Å². The van der Waals surface area contributed by atoms with Crippen LogP contribution in [0.2, 0.25) is 0 Å². The molecule has 1 N–H and O–H groups in total. The van der Waals surface area contributed by atoms with Gasteiger partial charge in [-0.2, -0.15) is 12.8 Å². The molecule has 0 unspecified atom stereocenters. The van der Waals surface area contributed by atoms with Crippen LogP contribution >= 0.6 is 0 Å². The largest absolute Gasteiger partial charge is 0.372 e. The Labute approximate surface area is 158 Å². The van der Waals surface area contributed by atoms with E-state index in [1.165, 1.54) is 12.1 Å². The van der Waals surface area contributed by atoms with Gasteiger partial charge in [0.05, 0.1) is 10.6 Å². The molecule has 0 saturated heterocycles. The minimum Gasteiger partial charge on any atom is -0.372 e. The molecule has 0 spiro atoms. The third-order valence-electron chi connectivity index (χ3n) is 4.82. The molecule has 0 bridgehead atoms. The van der Waals surface area contributed by atoms with Crippen molar-refractivity contribution in [3.05, 3.63) is 65.4 Å². The summed E-state index contributed by atoms with van der Waals surface area (Å²) in [5.74, 6) is -0.231. The van der Waals surface area contributed by atoms with Gasteiger partial charge in [0.25, 0.3) is 10.0 Å². The number of carbonyl (C=O) groups is 1. The van der Waals surface area contributed by atoms with Crippen molar-refractivity contribution in [3.63, 3.8) is 0 Å². The van der Waals surface area contributed by atoms with Gasteiger partial charge in [0.1, 0.15) is 5.71 Å². The lowest BCUT2D eigenvalue weighted by Crippen LogP contribution is -2.22. The fourth-order valence-corrected chi connectivity index (χ4v) is 4.71. The van der Waals surface area contributed by atoms with Gasteiger partial charge in [0.2, 0.25) is 0 Å². The minimum absolute atomic E-state index is 0.0904. The molecule has 4 rings (SSSR count). The van der Waals surface area contributed by atoms with Gasteiger partial charge >= 0.3 is 0 Å². The topological polar surface area (TPSA) is 78.8 Å². The Morgan fingerprint density at radius 2 is 1.74 bits per heavy atom. The summed E-state index contributed by atoms with van der Waals surface area (Å²) in [6.07, 6.45) is 1.41. The zero-order valence-corrected chi connectivity index (χ0v) is 15.9. The van der Waals surface area contributed by atoms with E-state index in [9.17, 15) is 13.2 Å². The minimum atomic E-state index is -3.77. The highest BCUT2D eigenvalue weighted by Crippen LogP contribution is 2.35. The smallest absolute Gasteiger partial charge is 0.283 e. The van der Waals surface area contributed by atoms with E-state index < -0.39 is 10.0 Å². The molecule has 0 atom stereocenters. The predicted molar refractivity (Wildman–Crippen MR) is 106 cm³/mol. The van der Waals surface area contributed by atoms with Crippen LogP contribution in [0.1, 0.15) is 29.8 Å². The summed E-state index contributed by atoms with van der Waals surface area (Å²) in [5.41, 5.74) is 3.33. The maximum atomic E-state index is 12.5. The van der Waals surface area contributed by atoms with Crippen molar-refractivity contribution in [2.45, 2.75) is 18.7 Å². The number of carbonyl (C=O) groups excluding carboxylic acids is 1. The number of allylic oxidation sites excluding steroid dienone is 2. The van der Waals surface area contributed by atoms with Crippen molar-refractivity contribution in [2.24, 2.45) is 4.40 Å². The second-order valence-corrected chi connectivity index (χ2v) is 7.93. The van der Waals surface area contributed by atoms with Gasteiger partial charge in [0.15, 0.2) is 5.78 Å². The SMILES string of the molecule is CCN(CC)c1ccc(NC2=CC(=O)c3cccc4c3C2=NS4(=O)=O)cc1. The number of hydrogen-bond acceptors (Lipinski definition) is 5. The van der Waals surface area contributed by atoms with Gasteiger partial charge in [-0.15, -0.1) is 0 Å². The number of anilines is 2. The lowest BCUT2D eigenvalue weighted by atomic mass is 9.92. The monoisotopic (exact) mass is 381 g/mol. The van der Waals surface area contributed by atoms with E-state index in [4.69, 9.17) is 0 Å². The maximum Gasteiger partial charge on any atom is 0.283 e. The molecule has 2 aromatic rings. The summed E-state index contributed by atoms with van der Waals surface area (Å²) >= 11 is 0. The molecule has 1 heterocycles. The third kappa shape index (κ3) is 2.84. The van der Waals surface area contributed by atoms with Gasteiger partial charge in [-0.25, -0.2) is 0 Å². The van der Waals surface area contributed by atoms with Crippen LogP contribution in [0.3, 0.4) is 0 Å². The molecular formula is C20H19N3O3S. The fourth-order valence-electron chi connectivity index (χ4n) is 3.47. The number of sulfonamides is 1. The predicted octanol–water partition coefficient (Wildman–Crippen LogP) is 3.22. The number of rotatable bonds is 5. The number of nitrogens with one attached hydrogen (secondary N) is 1. The van der Waals surface area contributed by atoms with Gasteiger partial charge in [0, 0.05) is 41.7 Å². The Bertz CT molecular complexity index is 1100. The van der Waals surface area contributed by atoms with Crippen molar-refractivity contribution in [1.29, 1.82) is 0 Å². The van der Waals surface area contributed by atoms with Gasteiger partial charge < -0.3 is 10.2 Å². The van der Waals surface area contributed by atoms with Crippen molar-refractivity contribution >= 4 is 32.9 Å². The van der Waals surface area contributed by atoms with E-state index in [2.05, 4.69) is 28.5 Å². The summed E-state index contributed by atoms with van der Waals surface area (Å²) in [5, 5.41) is 3.15. The summed E-state index contributed by atoms with van der Waals surface area (Å²) < 4.78 is 28.6. The van der Waals surface area contributed by atoms with Gasteiger partial charge in [-0.3, -0.25) is 4.79 Å². The standard InChI is InChI=1S/C20H19N3O3S/c1-3-23(4-2)14-10-8-13(9-11-14)21-16-12-17(24)15-6-5-7-18-19(15)20(16)22-27(18,25)26/h5-12,21H,3-4H2,1-2H3. The van der Waals surface area contributed by atoms with Crippen LogP contribution < -0.4 is 10.2 Å². The first-order chi connectivity index (χ1) is 12.9. The van der Waals surface area contributed by atoms with Crippen molar-refractivity contribution in [1.82, 2.24) is 0 Å². The highest BCUT2D eigenvalue weighted by molar-refractivity contribution is 7.90. The second kappa shape index (κ2) is 6.35. The second-order valence-electron chi connectivity index (χ2n) is 6.36. The van der Waals surface area contributed by atoms with Crippen LogP contribution in [0, 0.1) is 0 Å². The Morgan fingerprint density at radius 1 is 1.04 bits per heavy atom. The molecule has 0 fully saturated rings. The maximum absolute atomic E-state index is 12.5. The molecule has 2 aliphatic rings. The summed E-state index contributed by atoms with van der Waals surface area (Å²) in [7, 11) is -3.77. The summed E-state index contributed by atoms with van der Waals surface area (Å²) in [6.45, 7) is 6.03. The van der Waals surface area contributed by atoms with Crippen LogP contribution in [0.4, 0.5) is 11.4 Å². The first-order valence-corrected chi connectivity index (χ1v) is 10.3. The molecular weight excluding hydrogens is 362 g/mol. The lowest BCUT2D eigenvalue weighted by Gasteiger charge is -2.22. The first kappa shape index (κ1) is 17.5. The highest BCUT2D eigenvalue weighted by atomic mass is 32.2. The van der Waals surface area contributed by atoms with E-state index >= 15 is 0 Å². The molecule has 6 nitrogen and oxygen atoms in total. The van der Waals surface area contributed by atoms with E-state index in [0.29, 0.717) is 22.5 Å². The molecule has 138 valence electrons. The quantitative estimate of drug-likeness (QED) is 0.860. The zero-order valence-electron chi connectivity index (χ0n) is 15.1. The van der Waals surface area contributed by atoms with E-state index in [1.54, 1.807) is 12.1 Å². The summed E-state index contributed by atoms with van der Waals surface area (Å²) in [6, 6.07) is 12.5. The molecule has 0 radical (unpaired) electrons. The number of benzene rings is 2. The molecule has 1 aliphatic heterocycles. The molecule has 0 aromatic heterocycles. The first-order valence-electron chi connectivity index (χ1n) is 8.81.